The Morgan fingerprint density at radius 3 is 2.89 bits per heavy atom. The Labute approximate surface area is 103 Å². The number of hydrogen-bond acceptors (Lipinski definition) is 4. The molecule has 0 bridgehead atoms. The van der Waals surface area contributed by atoms with Crippen molar-refractivity contribution in [2.24, 2.45) is 5.11 Å². The Hall–Kier alpha value is -2.37. The van der Waals surface area contributed by atoms with Crippen LogP contribution in [0.1, 0.15) is 0 Å². The highest BCUT2D eigenvalue weighted by Gasteiger charge is 2.07. The van der Waals surface area contributed by atoms with Crippen LogP contribution < -0.4 is 0 Å². The van der Waals surface area contributed by atoms with Crippen molar-refractivity contribution in [3.05, 3.63) is 47.0 Å². The summed E-state index contributed by atoms with van der Waals surface area (Å²) in [5.74, 6) is 0. The minimum Gasteiger partial charge on any atom is -0.391 e. The van der Waals surface area contributed by atoms with Crippen LogP contribution in [0.5, 0.6) is 0 Å². The monoisotopic (exact) mass is 244 g/mol. The lowest BCUT2D eigenvalue weighted by atomic mass is 10.2. The summed E-state index contributed by atoms with van der Waals surface area (Å²) in [7, 11) is 0. The smallest absolute Gasteiger partial charge is 0.113 e. The predicted octanol–water partition coefficient (Wildman–Crippen LogP) is 1.62. The van der Waals surface area contributed by atoms with Gasteiger partial charge in [0.05, 0.1) is 25.4 Å². The summed E-state index contributed by atoms with van der Waals surface area (Å²) in [4.78, 5) is 2.59. The lowest BCUT2D eigenvalue weighted by Gasteiger charge is -2.05. The van der Waals surface area contributed by atoms with Crippen LogP contribution in [0.25, 0.3) is 21.7 Å². The summed E-state index contributed by atoms with van der Waals surface area (Å²) < 4.78 is 1.53. The maximum atomic E-state index is 9.56. The summed E-state index contributed by atoms with van der Waals surface area (Å²) in [5.41, 5.74) is 9.85. The second-order valence-electron chi connectivity index (χ2n) is 3.76. The first-order chi connectivity index (χ1) is 8.79. The van der Waals surface area contributed by atoms with Crippen LogP contribution in [0.3, 0.4) is 0 Å². The fraction of sp³-hybridized carbons (Fsp3) is 0.273. The van der Waals surface area contributed by atoms with E-state index in [9.17, 15) is 5.11 Å². The van der Waals surface area contributed by atoms with Gasteiger partial charge in [0, 0.05) is 10.5 Å². The molecule has 0 saturated carbocycles. The molecule has 1 aromatic heterocycles. The van der Waals surface area contributed by atoms with E-state index < -0.39 is 6.10 Å². The van der Waals surface area contributed by atoms with E-state index in [4.69, 9.17) is 5.53 Å². The number of azide groups is 1. The van der Waals surface area contributed by atoms with Gasteiger partial charge in [0.15, 0.2) is 0 Å². The number of nitrogens with zero attached hydrogens (tertiary/aromatic N) is 6. The summed E-state index contributed by atoms with van der Waals surface area (Å²) in [5, 5.41) is 20.8. The number of aliphatic hydroxyl groups is 1. The van der Waals surface area contributed by atoms with Gasteiger partial charge >= 0.3 is 0 Å². The third-order valence-electron chi connectivity index (χ3n) is 2.36. The SMILES string of the molecule is [N-]=[N+]=NCC(O)Cn1cc(-c2ccccc2)nn1. The molecule has 0 aliphatic carbocycles. The molecule has 0 aliphatic rings. The van der Waals surface area contributed by atoms with Crippen LogP contribution in [0.4, 0.5) is 0 Å². The summed E-state index contributed by atoms with van der Waals surface area (Å²) in [6.07, 6.45) is 0.987. The van der Waals surface area contributed by atoms with Gasteiger partial charge in [-0.3, -0.25) is 0 Å². The minimum atomic E-state index is -0.758. The fourth-order valence-electron chi connectivity index (χ4n) is 1.53. The van der Waals surface area contributed by atoms with Gasteiger partial charge in [-0.15, -0.1) is 5.10 Å². The molecule has 7 nitrogen and oxygen atoms in total. The standard InChI is InChI=1S/C11H12N6O/c12-15-13-6-10(18)7-17-8-11(14-16-17)9-4-2-1-3-5-9/h1-5,8,10,18H,6-7H2. The average Bonchev–Trinajstić information content (AvgIpc) is 2.86. The molecule has 18 heavy (non-hydrogen) atoms. The molecule has 1 heterocycles. The predicted molar refractivity (Wildman–Crippen MR) is 65.5 cm³/mol. The van der Waals surface area contributed by atoms with Crippen LogP contribution in [-0.2, 0) is 6.54 Å². The number of benzene rings is 1. The summed E-state index contributed by atoms with van der Waals surface area (Å²) in [6.45, 7) is 0.274. The van der Waals surface area contributed by atoms with Crippen molar-refractivity contribution in [1.29, 1.82) is 0 Å². The number of aliphatic hydroxyl groups excluding tert-OH is 1. The van der Waals surface area contributed by atoms with E-state index in [1.807, 2.05) is 30.3 Å². The zero-order chi connectivity index (χ0) is 12.8. The lowest BCUT2D eigenvalue weighted by Crippen LogP contribution is -2.19. The van der Waals surface area contributed by atoms with Gasteiger partial charge in [-0.1, -0.05) is 40.7 Å². The fourth-order valence-corrected chi connectivity index (χ4v) is 1.53. The molecule has 1 unspecified atom stereocenters. The van der Waals surface area contributed by atoms with Gasteiger partial charge in [0.1, 0.15) is 5.69 Å². The van der Waals surface area contributed by atoms with Gasteiger partial charge in [0.25, 0.3) is 0 Å². The molecule has 1 aromatic carbocycles. The second kappa shape index (κ2) is 5.81. The Balaban J connectivity index is 2.04. The molecule has 0 spiro atoms. The molecule has 7 heteroatoms. The van der Waals surface area contributed by atoms with E-state index in [0.29, 0.717) is 0 Å². The van der Waals surface area contributed by atoms with E-state index in [-0.39, 0.29) is 13.1 Å². The van der Waals surface area contributed by atoms with E-state index in [1.54, 1.807) is 6.20 Å². The lowest BCUT2D eigenvalue weighted by molar-refractivity contribution is 0.156. The molecule has 92 valence electrons. The third kappa shape index (κ3) is 3.07. The topological polar surface area (TPSA) is 99.7 Å². The van der Waals surface area contributed by atoms with Crippen molar-refractivity contribution >= 4 is 0 Å². The summed E-state index contributed by atoms with van der Waals surface area (Å²) >= 11 is 0. The average molecular weight is 244 g/mol. The molecule has 2 rings (SSSR count). The molecule has 1 atom stereocenters. The normalized spacial score (nSPS) is 11.8. The highest BCUT2D eigenvalue weighted by molar-refractivity contribution is 5.57. The Bertz CT molecular complexity index is 546. The molecule has 0 saturated heterocycles. The Kier molecular flexibility index (Phi) is 3.90. The maximum Gasteiger partial charge on any atom is 0.113 e. The van der Waals surface area contributed by atoms with E-state index in [1.165, 1.54) is 4.68 Å². The molecular formula is C11H12N6O. The molecule has 1 N–H and O–H groups in total. The second-order valence-corrected chi connectivity index (χ2v) is 3.76. The zero-order valence-electron chi connectivity index (χ0n) is 9.59. The van der Waals surface area contributed by atoms with Crippen LogP contribution in [-0.4, -0.2) is 32.7 Å². The molecular weight excluding hydrogens is 232 g/mol. The maximum absolute atomic E-state index is 9.56. The molecule has 2 aromatic rings. The van der Waals surface area contributed by atoms with Crippen LogP contribution >= 0.6 is 0 Å². The molecule has 0 radical (unpaired) electrons. The van der Waals surface area contributed by atoms with Gasteiger partial charge in [-0.2, -0.15) is 0 Å². The number of hydrogen-bond donors (Lipinski definition) is 1. The first-order valence-electron chi connectivity index (χ1n) is 5.44. The van der Waals surface area contributed by atoms with Crippen molar-refractivity contribution < 1.29 is 5.11 Å². The quantitative estimate of drug-likeness (QED) is 0.491. The number of rotatable bonds is 5. The highest BCUT2D eigenvalue weighted by atomic mass is 16.3. The van der Waals surface area contributed by atoms with Crippen molar-refractivity contribution in [3.8, 4) is 11.3 Å². The summed E-state index contributed by atoms with van der Waals surface area (Å²) in [6, 6.07) is 9.64. The first kappa shape index (κ1) is 12.1. The van der Waals surface area contributed by atoms with Crippen LogP contribution in [0, 0.1) is 0 Å². The molecule has 0 amide bonds. The first-order valence-corrected chi connectivity index (χ1v) is 5.44. The van der Waals surface area contributed by atoms with Crippen LogP contribution in [0.2, 0.25) is 0 Å². The van der Waals surface area contributed by atoms with Crippen molar-refractivity contribution in [1.82, 2.24) is 15.0 Å². The van der Waals surface area contributed by atoms with Crippen molar-refractivity contribution in [2.75, 3.05) is 6.54 Å². The van der Waals surface area contributed by atoms with E-state index in [0.717, 1.165) is 11.3 Å². The van der Waals surface area contributed by atoms with Gasteiger partial charge in [0.2, 0.25) is 0 Å². The minimum absolute atomic E-state index is 0.0248. The molecule has 0 fully saturated rings. The van der Waals surface area contributed by atoms with Gasteiger partial charge in [-0.05, 0) is 5.53 Å². The van der Waals surface area contributed by atoms with Gasteiger partial charge in [-0.25, -0.2) is 4.68 Å². The highest BCUT2D eigenvalue weighted by Crippen LogP contribution is 2.14. The van der Waals surface area contributed by atoms with E-state index in [2.05, 4.69) is 20.3 Å². The zero-order valence-corrected chi connectivity index (χ0v) is 9.59. The van der Waals surface area contributed by atoms with Crippen molar-refractivity contribution in [3.63, 3.8) is 0 Å². The Morgan fingerprint density at radius 2 is 2.17 bits per heavy atom. The number of aromatic nitrogens is 3. The van der Waals surface area contributed by atoms with Crippen LogP contribution in [0.15, 0.2) is 41.6 Å². The van der Waals surface area contributed by atoms with Gasteiger partial charge < -0.3 is 5.11 Å². The third-order valence-corrected chi connectivity index (χ3v) is 2.36. The molecule has 0 aliphatic heterocycles. The Morgan fingerprint density at radius 1 is 1.39 bits per heavy atom. The van der Waals surface area contributed by atoms with Crippen molar-refractivity contribution in [2.45, 2.75) is 12.6 Å². The largest absolute Gasteiger partial charge is 0.391 e. The van der Waals surface area contributed by atoms with E-state index >= 15 is 0 Å².